The van der Waals surface area contributed by atoms with E-state index in [1.54, 1.807) is 24.3 Å². The summed E-state index contributed by atoms with van der Waals surface area (Å²) in [6.07, 6.45) is 5.57. The Morgan fingerprint density at radius 3 is 2.30 bits per heavy atom. The summed E-state index contributed by atoms with van der Waals surface area (Å²) in [6, 6.07) is 6.99. The molecule has 0 saturated heterocycles. The van der Waals surface area contributed by atoms with Crippen LogP contribution in [0.4, 0.5) is 0 Å². The molecule has 2 N–H and O–H groups in total. The molecule has 1 aliphatic carbocycles. The molecular formula is C17H26N2O3S. The van der Waals surface area contributed by atoms with Crippen molar-refractivity contribution in [2.24, 2.45) is 5.92 Å². The van der Waals surface area contributed by atoms with Crippen LogP contribution < -0.4 is 10.0 Å². The van der Waals surface area contributed by atoms with E-state index in [1.807, 2.05) is 0 Å². The van der Waals surface area contributed by atoms with E-state index in [-0.39, 0.29) is 10.8 Å². The molecule has 0 atom stereocenters. The first-order chi connectivity index (χ1) is 10.9. The van der Waals surface area contributed by atoms with Crippen LogP contribution in [0.15, 0.2) is 29.2 Å². The van der Waals surface area contributed by atoms with E-state index in [0.29, 0.717) is 18.9 Å². The molecule has 1 fully saturated rings. The summed E-state index contributed by atoms with van der Waals surface area (Å²) < 4.78 is 25.6. The highest BCUT2D eigenvalue weighted by Gasteiger charge is 2.19. The van der Waals surface area contributed by atoms with Gasteiger partial charge < -0.3 is 5.32 Å². The molecule has 1 aliphatic rings. The molecule has 5 nitrogen and oxygen atoms in total. The third-order valence-corrected chi connectivity index (χ3v) is 5.95. The lowest BCUT2D eigenvalue weighted by Crippen LogP contribution is -2.37. The maximum atomic E-state index is 12.0. The Morgan fingerprint density at radius 1 is 1.13 bits per heavy atom. The van der Waals surface area contributed by atoms with E-state index in [9.17, 15) is 13.2 Å². The normalized spacial score (nSPS) is 21.8. The molecule has 0 aromatic heterocycles. The van der Waals surface area contributed by atoms with Gasteiger partial charge in [0.05, 0.1) is 4.90 Å². The van der Waals surface area contributed by atoms with Gasteiger partial charge >= 0.3 is 0 Å². The van der Waals surface area contributed by atoms with Crippen molar-refractivity contribution in [1.29, 1.82) is 0 Å². The number of benzene rings is 1. The second-order valence-corrected chi connectivity index (χ2v) is 8.26. The summed E-state index contributed by atoms with van der Waals surface area (Å²) >= 11 is 0. The van der Waals surface area contributed by atoms with E-state index in [4.69, 9.17) is 0 Å². The standard InChI is InChI=1S/C17H26N2O3S/c1-13-3-8-15(9-4-13)19-17(20)12-7-14-5-10-16(11-6-14)23(21,22)18-2/h5-6,10-11,13,15,18H,3-4,7-9,12H2,1-2H3,(H,19,20). The molecule has 1 amide bonds. The Labute approximate surface area is 138 Å². The van der Waals surface area contributed by atoms with Gasteiger partial charge in [0, 0.05) is 12.5 Å². The van der Waals surface area contributed by atoms with Gasteiger partial charge in [-0.25, -0.2) is 13.1 Å². The van der Waals surface area contributed by atoms with Gasteiger partial charge in [0.15, 0.2) is 0 Å². The van der Waals surface area contributed by atoms with Gasteiger partial charge in [-0.15, -0.1) is 0 Å². The summed E-state index contributed by atoms with van der Waals surface area (Å²) in [7, 11) is -2.01. The van der Waals surface area contributed by atoms with Crippen molar-refractivity contribution in [2.45, 2.75) is 56.4 Å². The zero-order valence-corrected chi connectivity index (χ0v) is 14.7. The summed E-state index contributed by atoms with van der Waals surface area (Å²) in [5.41, 5.74) is 0.965. The molecule has 1 aromatic rings. The summed E-state index contributed by atoms with van der Waals surface area (Å²) in [5.74, 6) is 0.854. The Balaban J connectivity index is 1.80. The molecule has 0 aliphatic heterocycles. The van der Waals surface area contributed by atoms with Crippen molar-refractivity contribution in [1.82, 2.24) is 10.0 Å². The number of carbonyl (C=O) groups excluding carboxylic acids is 1. The number of aryl methyl sites for hydroxylation is 1. The zero-order valence-electron chi connectivity index (χ0n) is 13.8. The lowest BCUT2D eigenvalue weighted by atomic mass is 9.87. The Morgan fingerprint density at radius 2 is 1.74 bits per heavy atom. The van der Waals surface area contributed by atoms with Gasteiger partial charge in [-0.1, -0.05) is 19.1 Å². The molecule has 0 unspecified atom stereocenters. The number of carbonyl (C=O) groups is 1. The lowest BCUT2D eigenvalue weighted by molar-refractivity contribution is -0.122. The first-order valence-electron chi connectivity index (χ1n) is 8.22. The second-order valence-electron chi connectivity index (χ2n) is 6.38. The minimum absolute atomic E-state index is 0.0801. The largest absolute Gasteiger partial charge is 0.353 e. The van der Waals surface area contributed by atoms with Crippen LogP contribution in [0.1, 0.15) is 44.6 Å². The van der Waals surface area contributed by atoms with Crippen LogP contribution >= 0.6 is 0 Å². The number of hydrogen-bond acceptors (Lipinski definition) is 3. The highest BCUT2D eigenvalue weighted by molar-refractivity contribution is 7.89. The maximum Gasteiger partial charge on any atom is 0.240 e. The Kier molecular flexibility index (Phi) is 6.18. The second kappa shape index (κ2) is 7.93. The molecule has 0 radical (unpaired) electrons. The van der Waals surface area contributed by atoms with E-state index in [1.165, 1.54) is 19.9 Å². The third-order valence-electron chi connectivity index (χ3n) is 4.52. The van der Waals surface area contributed by atoms with Crippen molar-refractivity contribution in [3.63, 3.8) is 0 Å². The van der Waals surface area contributed by atoms with Gasteiger partial charge in [-0.05, 0) is 62.8 Å². The van der Waals surface area contributed by atoms with Crippen LogP contribution in [0, 0.1) is 5.92 Å². The van der Waals surface area contributed by atoms with Gasteiger partial charge in [0.2, 0.25) is 15.9 Å². The van der Waals surface area contributed by atoms with Crippen LogP contribution in [0.2, 0.25) is 0 Å². The lowest BCUT2D eigenvalue weighted by Gasteiger charge is -2.26. The average molecular weight is 338 g/mol. The topological polar surface area (TPSA) is 75.3 Å². The maximum absolute atomic E-state index is 12.0. The fourth-order valence-corrected chi connectivity index (χ4v) is 3.65. The summed E-state index contributed by atoms with van der Waals surface area (Å²) in [5, 5.41) is 3.11. The highest BCUT2D eigenvalue weighted by atomic mass is 32.2. The molecule has 1 aromatic carbocycles. The molecular weight excluding hydrogens is 312 g/mol. The predicted octanol–water partition coefficient (Wildman–Crippen LogP) is 2.22. The first-order valence-corrected chi connectivity index (χ1v) is 9.71. The molecule has 0 bridgehead atoms. The number of rotatable bonds is 6. The molecule has 2 rings (SSSR count). The fraction of sp³-hybridized carbons (Fsp3) is 0.588. The minimum Gasteiger partial charge on any atom is -0.353 e. The smallest absolute Gasteiger partial charge is 0.240 e. The Hall–Kier alpha value is -1.40. The average Bonchev–Trinajstić information content (AvgIpc) is 2.55. The zero-order chi connectivity index (χ0) is 16.9. The van der Waals surface area contributed by atoms with Gasteiger partial charge in [0.1, 0.15) is 0 Å². The van der Waals surface area contributed by atoms with Crippen LogP contribution in [0.3, 0.4) is 0 Å². The van der Waals surface area contributed by atoms with E-state index in [0.717, 1.165) is 24.3 Å². The number of nitrogens with one attached hydrogen (secondary N) is 2. The van der Waals surface area contributed by atoms with Gasteiger partial charge in [0.25, 0.3) is 0 Å². The van der Waals surface area contributed by atoms with Gasteiger partial charge in [-0.2, -0.15) is 0 Å². The van der Waals surface area contributed by atoms with Crippen molar-refractivity contribution in [3.8, 4) is 0 Å². The molecule has 0 spiro atoms. The van der Waals surface area contributed by atoms with Crippen molar-refractivity contribution >= 4 is 15.9 Å². The quantitative estimate of drug-likeness (QED) is 0.835. The fourth-order valence-electron chi connectivity index (χ4n) is 2.92. The molecule has 6 heteroatoms. The SMILES string of the molecule is CNS(=O)(=O)c1ccc(CCC(=O)NC2CCC(C)CC2)cc1. The van der Waals surface area contributed by atoms with Crippen LogP contribution in [-0.4, -0.2) is 27.4 Å². The molecule has 23 heavy (non-hydrogen) atoms. The first kappa shape index (κ1) is 17.9. The van der Waals surface area contributed by atoms with E-state index in [2.05, 4.69) is 17.0 Å². The van der Waals surface area contributed by atoms with Crippen molar-refractivity contribution in [2.75, 3.05) is 7.05 Å². The van der Waals surface area contributed by atoms with Crippen molar-refractivity contribution < 1.29 is 13.2 Å². The minimum atomic E-state index is -3.40. The molecule has 0 heterocycles. The number of amides is 1. The van der Waals surface area contributed by atoms with Crippen LogP contribution in [0.25, 0.3) is 0 Å². The number of sulfonamides is 1. The molecule has 1 saturated carbocycles. The van der Waals surface area contributed by atoms with Crippen molar-refractivity contribution in [3.05, 3.63) is 29.8 Å². The highest BCUT2D eigenvalue weighted by Crippen LogP contribution is 2.23. The van der Waals surface area contributed by atoms with E-state index < -0.39 is 10.0 Å². The third kappa shape index (κ3) is 5.32. The predicted molar refractivity (Wildman–Crippen MR) is 90.6 cm³/mol. The summed E-state index contributed by atoms with van der Waals surface area (Å²) in [6.45, 7) is 2.26. The van der Waals surface area contributed by atoms with Crippen LogP contribution in [0.5, 0.6) is 0 Å². The van der Waals surface area contributed by atoms with Crippen LogP contribution in [-0.2, 0) is 21.2 Å². The monoisotopic (exact) mass is 338 g/mol. The Bertz CT molecular complexity index is 618. The van der Waals surface area contributed by atoms with E-state index >= 15 is 0 Å². The summed E-state index contributed by atoms with van der Waals surface area (Å²) in [4.78, 5) is 12.3. The molecule has 128 valence electrons. The van der Waals surface area contributed by atoms with Gasteiger partial charge in [-0.3, -0.25) is 4.79 Å². The number of hydrogen-bond donors (Lipinski definition) is 2.